The van der Waals surface area contributed by atoms with Crippen LogP contribution in [0.5, 0.6) is 0 Å². The molecule has 1 aromatic rings. The third-order valence-electron chi connectivity index (χ3n) is 8.64. The van der Waals surface area contributed by atoms with Gasteiger partial charge in [-0.2, -0.15) is 0 Å². The molecule has 0 heterocycles. The number of hydrogen-bond acceptors (Lipinski definition) is 2. The van der Waals surface area contributed by atoms with Gasteiger partial charge in [-0.05, 0) is 56.2 Å². The van der Waals surface area contributed by atoms with Crippen molar-refractivity contribution in [3.05, 3.63) is 35.9 Å². The Morgan fingerprint density at radius 2 is 0.955 bits per heavy atom. The van der Waals surface area contributed by atoms with Crippen LogP contribution in [0.2, 0.25) is 0 Å². The summed E-state index contributed by atoms with van der Waals surface area (Å²) in [6, 6.07) is 9.20. The maximum absolute atomic E-state index is 6.26. The van der Waals surface area contributed by atoms with Gasteiger partial charge in [0.15, 0.2) is 6.29 Å². The third-order valence-corrected chi connectivity index (χ3v) is 10.5. The lowest BCUT2D eigenvalue weighted by molar-refractivity contribution is -0.148. The van der Waals surface area contributed by atoms with E-state index in [4.69, 9.17) is 9.47 Å². The van der Waals surface area contributed by atoms with E-state index in [0.717, 1.165) is 19.6 Å². The van der Waals surface area contributed by atoms with Gasteiger partial charge in [0.25, 0.3) is 0 Å². The highest BCUT2D eigenvalue weighted by Gasteiger charge is 2.20. The lowest BCUT2D eigenvalue weighted by Gasteiger charge is -2.19. The molecule has 0 aliphatic heterocycles. The molecule has 258 valence electrons. The normalized spacial score (nSPS) is 12.0. The molecule has 0 amide bonds. The molecule has 0 saturated heterocycles. The molecule has 0 aliphatic rings. The van der Waals surface area contributed by atoms with Gasteiger partial charge in [-0.25, -0.2) is 0 Å². The lowest BCUT2D eigenvalue weighted by Crippen LogP contribution is -3.00. The molecule has 0 bridgehead atoms. The van der Waals surface area contributed by atoms with Crippen molar-refractivity contribution in [1.29, 1.82) is 0 Å². The Kier molecular flexibility index (Phi) is 31.2. The zero-order chi connectivity index (χ0) is 31.3. The van der Waals surface area contributed by atoms with Crippen LogP contribution in [0.4, 0.5) is 0 Å². The minimum atomic E-state index is -0.911. The number of halogens is 1. The first-order chi connectivity index (χ1) is 21.0. The molecule has 0 aromatic heterocycles. The highest BCUT2D eigenvalue weighted by Crippen LogP contribution is 2.44. The highest BCUT2D eigenvalue weighted by molar-refractivity contribution is 7.80. The fourth-order valence-corrected chi connectivity index (χ4v) is 6.69. The zero-order valence-electron chi connectivity index (χ0n) is 30.1. The predicted octanol–water partition coefficient (Wildman–Crippen LogP) is 10.00. The Morgan fingerprint density at radius 1 is 0.545 bits per heavy atom. The molecule has 0 fully saturated rings. The molecule has 0 N–H and O–H groups in total. The Balaban J connectivity index is 0.0000185. The van der Waals surface area contributed by atoms with Crippen molar-refractivity contribution in [3.63, 3.8) is 0 Å². The summed E-state index contributed by atoms with van der Waals surface area (Å²) in [5, 5.41) is 1.51. The monoisotopic (exact) mass is 696 g/mol. The standard InChI is InChI=1S/C40H74O2P.BrH/c1-6-8-10-12-14-20-24-28-36-41-40(42-37-29-25-21-15-13-11-9-7-2)31-27-23-19-17-16-18-22-26-30-38-32-34-39(35-33-38)43(3,4)5;/h26,30,32-35,40H,6-25,27-29,31,36-37H2,1-5H3;1H/q+1;/p-1. The van der Waals surface area contributed by atoms with Gasteiger partial charge in [-0.15, -0.1) is 0 Å². The molecule has 0 aliphatic carbocycles. The summed E-state index contributed by atoms with van der Waals surface area (Å²) in [6.07, 6.45) is 36.3. The Hall–Kier alpha value is -0.210. The molecule has 0 unspecified atom stereocenters. The van der Waals surface area contributed by atoms with Crippen LogP contribution in [0.15, 0.2) is 30.3 Å². The topological polar surface area (TPSA) is 18.5 Å². The van der Waals surface area contributed by atoms with Crippen LogP contribution in [0.25, 0.3) is 6.08 Å². The first-order valence-electron chi connectivity index (χ1n) is 18.8. The maximum Gasteiger partial charge on any atom is 0.157 e. The summed E-state index contributed by atoms with van der Waals surface area (Å²) < 4.78 is 12.5. The second-order valence-corrected chi connectivity index (χ2v) is 18.4. The van der Waals surface area contributed by atoms with E-state index in [0.29, 0.717) is 0 Å². The van der Waals surface area contributed by atoms with E-state index >= 15 is 0 Å². The fraction of sp³-hybridized carbons (Fsp3) is 0.800. The van der Waals surface area contributed by atoms with E-state index in [2.05, 4.69) is 70.3 Å². The smallest absolute Gasteiger partial charge is 0.157 e. The molecule has 2 nitrogen and oxygen atoms in total. The molecular formula is C40H74BrO2P. The SMILES string of the molecule is CCCCCCCCCCOC(CCCCCCCCC=Cc1ccc([P+](C)(C)C)cc1)OCCCCCCCCCC.[Br-]. The number of benzene rings is 1. The van der Waals surface area contributed by atoms with Crippen LogP contribution in [0, 0.1) is 0 Å². The van der Waals surface area contributed by atoms with Crippen LogP contribution in [-0.4, -0.2) is 39.5 Å². The number of rotatable bonds is 31. The third kappa shape index (κ3) is 27.0. The van der Waals surface area contributed by atoms with E-state index < -0.39 is 7.26 Å². The largest absolute Gasteiger partial charge is 1.00 e. The Labute approximate surface area is 287 Å². The zero-order valence-corrected chi connectivity index (χ0v) is 32.5. The van der Waals surface area contributed by atoms with Crippen LogP contribution in [0.3, 0.4) is 0 Å². The van der Waals surface area contributed by atoms with E-state index in [1.807, 2.05) is 0 Å². The van der Waals surface area contributed by atoms with Crippen LogP contribution < -0.4 is 22.3 Å². The number of unbranched alkanes of at least 4 members (excludes halogenated alkanes) is 20. The second kappa shape index (κ2) is 31.4. The second-order valence-electron chi connectivity index (χ2n) is 13.8. The summed E-state index contributed by atoms with van der Waals surface area (Å²) in [5.74, 6) is 0. The number of ether oxygens (including phenoxy) is 2. The van der Waals surface area contributed by atoms with Crippen molar-refractivity contribution < 1.29 is 26.5 Å². The molecule has 4 heteroatoms. The molecule has 0 saturated carbocycles. The van der Waals surface area contributed by atoms with Crippen molar-refractivity contribution in [1.82, 2.24) is 0 Å². The molecule has 0 radical (unpaired) electrons. The van der Waals surface area contributed by atoms with E-state index in [1.165, 1.54) is 159 Å². The van der Waals surface area contributed by atoms with Crippen LogP contribution >= 0.6 is 7.26 Å². The summed E-state index contributed by atoms with van der Waals surface area (Å²) >= 11 is 0. The molecule has 0 spiro atoms. The summed E-state index contributed by atoms with van der Waals surface area (Å²) in [7, 11) is -0.911. The van der Waals surface area contributed by atoms with Gasteiger partial charge >= 0.3 is 0 Å². The van der Waals surface area contributed by atoms with E-state index in [1.54, 1.807) is 0 Å². The molecule has 1 rings (SSSR count). The van der Waals surface area contributed by atoms with Gasteiger partial charge in [-0.1, -0.05) is 154 Å². The quantitative estimate of drug-likeness (QED) is 0.0437. The molecule has 1 aromatic carbocycles. The van der Waals surface area contributed by atoms with Crippen molar-refractivity contribution >= 4 is 18.6 Å². The average molecular weight is 698 g/mol. The van der Waals surface area contributed by atoms with Crippen molar-refractivity contribution in [3.8, 4) is 0 Å². The van der Waals surface area contributed by atoms with E-state index in [-0.39, 0.29) is 23.3 Å². The van der Waals surface area contributed by atoms with Gasteiger partial charge in [0, 0.05) is 20.5 Å². The fourth-order valence-electron chi connectivity index (χ4n) is 5.65. The van der Waals surface area contributed by atoms with Crippen LogP contribution in [-0.2, 0) is 9.47 Å². The van der Waals surface area contributed by atoms with Gasteiger partial charge < -0.3 is 26.5 Å². The average Bonchev–Trinajstić information content (AvgIpc) is 2.99. The molecule has 44 heavy (non-hydrogen) atoms. The van der Waals surface area contributed by atoms with E-state index in [9.17, 15) is 0 Å². The number of allylic oxidation sites excluding steroid dienone is 1. The maximum atomic E-state index is 6.26. The first-order valence-corrected chi connectivity index (χ1v) is 21.9. The van der Waals surface area contributed by atoms with Gasteiger partial charge in [-0.3, -0.25) is 0 Å². The molecule has 0 atom stereocenters. The van der Waals surface area contributed by atoms with Crippen molar-refractivity contribution in [2.75, 3.05) is 33.2 Å². The Bertz CT molecular complexity index is 721. The van der Waals surface area contributed by atoms with Crippen molar-refractivity contribution in [2.24, 2.45) is 0 Å². The van der Waals surface area contributed by atoms with Gasteiger partial charge in [0.05, 0.1) is 25.3 Å². The predicted molar refractivity (Wildman–Crippen MR) is 198 cm³/mol. The lowest BCUT2D eigenvalue weighted by atomic mass is 10.1. The minimum Gasteiger partial charge on any atom is -1.00 e. The minimum absolute atomic E-state index is 0. The molecular weight excluding hydrogens is 623 g/mol. The van der Waals surface area contributed by atoms with Crippen LogP contribution in [0.1, 0.15) is 174 Å². The highest BCUT2D eigenvalue weighted by atomic mass is 79.9. The van der Waals surface area contributed by atoms with Gasteiger partial charge in [0.1, 0.15) is 0 Å². The number of hydrogen-bond donors (Lipinski definition) is 0. The summed E-state index contributed by atoms with van der Waals surface area (Å²) in [6.45, 7) is 13.5. The summed E-state index contributed by atoms with van der Waals surface area (Å²) in [5.41, 5.74) is 1.33. The van der Waals surface area contributed by atoms with Gasteiger partial charge in [0.2, 0.25) is 0 Å². The first kappa shape index (κ1) is 43.8. The summed E-state index contributed by atoms with van der Waals surface area (Å²) in [4.78, 5) is 0. The Morgan fingerprint density at radius 3 is 1.41 bits per heavy atom. The van der Waals surface area contributed by atoms with Crippen molar-refractivity contribution in [2.45, 2.75) is 174 Å².